The van der Waals surface area contributed by atoms with Crippen molar-refractivity contribution in [1.29, 1.82) is 0 Å². The van der Waals surface area contributed by atoms with Crippen LogP contribution in [0, 0.1) is 0 Å². The fourth-order valence-corrected chi connectivity index (χ4v) is 3.38. The molecule has 0 spiro atoms. The molecule has 8 nitrogen and oxygen atoms in total. The van der Waals surface area contributed by atoms with E-state index in [4.69, 9.17) is 5.11 Å². The van der Waals surface area contributed by atoms with Crippen LogP contribution in [-0.2, 0) is 22.7 Å². The molecule has 2 aromatic rings. The zero-order valence-electron chi connectivity index (χ0n) is 14.1. The van der Waals surface area contributed by atoms with Gasteiger partial charge in [0.05, 0.1) is 6.33 Å². The van der Waals surface area contributed by atoms with Crippen LogP contribution in [0.15, 0.2) is 31.0 Å². The molecule has 1 atom stereocenters. The lowest BCUT2D eigenvalue weighted by Crippen LogP contribution is -2.39. The Morgan fingerprint density at radius 1 is 1.32 bits per heavy atom. The van der Waals surface area contributed by atoms with E-state index < -0.39 is 5.97 Å². The Morgan fingerprint density at radius 2 is 2.20 bits per heavy atom. The highest BCUT2D eigenvalue weighted by molar-refractivity contribution is 5.76. The summed E-state index contributed by atoms with van der Waals surface area (Å²) in [6.45, 7) is 2.05. The third-order valence-corrected chi connectivity index (χ3v) is 4.59. The summed E-state index contributed by atoms with van der Waals surface area (Å²) in [4.78, 5) is 29.3. The van der Waals surface area contributed by atoms with E-state index in [1.54, 1.807) is 18.7 Å². The molecule has 3 rings (SSSR count). The summed E-state index contributed by atoms with van der Waals surface area (Å²) in [5.41, 5.74) is 0.901. The average molecular weight is 345 g/mol. The number of amides is 1. The Morgan fingerprint density at radius 3 is 2.96 bits per heavy atom. The number of piperidine rings is 1. The molecule has 1 fully saturated rings. The minimum absolute atomic E-state index is 0.141. The largest absolute Gasteiger partial charge is 0.480 e. The molecule has 0 saturated carbocycles. The number of aliphatic carboxylic acids is 1. The molecule has 1 N–H and O–H groups in total. The van der Waals surface area contributed by atoms with Crippen molar-refractivity contribution in [1.82, 2.24) is 24.2 Å². The van der Waals surface area contributed by atoms with E-state index in [1.165, 1.54) is 4.68 Å². The van der Waals surface area contributed by atoms with E-state index in [9.17, 15) is 9.59 Å². The first-order valence-electron chi connectivity index (χ1n) is 8.60. The van der Waals surface area contributed by atoms with E-state index in [2.05, 4.69) is 10.1 Å². The van der Waals surface area contributed by atoms with Gasteiger partial charge in [-0.3, -0.25) is 14.3 Å². The van der Waals surface area contributed by atoms with Gasteiger partial charge in [0.2, 0.25) is 5.91 Å². The van der Waals surface area contributed by atoms with Gasteiger partial charge in [-0.05, 0) is 25.3 Å². The zero-order chi connectivity index (χ0) is 17.6. The number of nitrogens with zero attached hydrogens (tertiary/aromatic N) is 5. The summed E-state index contributed by atoms with van der Waals surface area (Å²) in [7, 11) is 0. The van der Waals surface area contributed by atoms with Crippen molar-refractivity contribution in [2.45, 2.75) is 44.7 Å². The van der Waals surface area contributed by atoms with Crippen LogP contribution in [0.5, 0.6) is 0 Å². The first kappa shape index (κ1) is 17.2. The van der Waals surface area contributed by atoms with Gasteiger partial charge in [0.15, 0.2) is 0 Å². The monoisotopic (exact) mass is 345 g/mol. The van der Waals surface area contributed by atoms with Crippen LogP contribution in [-0.4, -0.2) is 54.3 Å². The molecular formula is C17H23N5O3. The maximum Gasteiger partial charge on any atom is 0.325 e. The van der Waals surface area contributed by atoms with Gasteiger partial charge >= 0.3 is 5.97 Å². The highest BCUT2D eigenvalue weighted by Gasteiger charge is 2.26. The summed E-state index contributed by atoms with van der Waals surface area (Å²) < 4.78 is 3.50. The number of carboxylic acid groups (broad SMARTS) is 1. The zero-order valence-corrected chi connectivity index (χ0v) is 14.1. The molecule has 1 saturated heterocycles. The van der Waals surface area contributed by atoms with E-state index >= 15 is 0 Å². The lowest BCUT2D eigenvalue weighted by molar-refractivity contribution is -0.138. The molecule has 0 aliphatic carbocycles. The van der Waals surface area contributed by atoms with Crippen molar-refractivity contribution < 1.29 is 14.7 Å². The van der Waals surface area contributed by atoms with E-state index in [-0.39, 0.29) is 18.4 Å². The first-order valence-corrected chi connectivity index (χ1v) is 8.60. The Bertz CT molecular complexity index is 710. The number of imidazole rings is 1. The number of aromatic nitrogens is 4. The van der Waals surface area contributed by atoms with Crippen molar-refractivity contribution in [3.8, 4) is 0 Å². The minimum atomic E-state index is -0.909. The van der Waals surface area contributed by atoms with Crippen molar-refractivity contribution in [2.24, 2.45) is 0 Å². The van der Waals surface area contributed by atoms with Crippen LogP contribution in [0.1, 0.15) is 37.3 Å². The Balaban J connectivity index is 1.54. The van der Waals surface area contributed by atoms with Gasteiger partial charge < -0.3 is 14.6 Å². The molecule has 1 unspecified atom stereocenters. The summed E-state index contributed by atoms with van der Waals surface area (Å²) in [6.07, 6.45) is 10.2. The quantitative estimate of drug-likeness (QED) is 0.817. The maximum atomic E-state index is 12.5. The second-order valence-corrected chi connectivity index (χ2v) is 6.39. The highest BCUT2D eigenvalue weighted by Crippen LogP contribution is 2.27. The summed E-state index contributed by atoms with van der Waals surface area (Å²) in [5, 5.41) is 13.1. The fourth-order valence-electron chi connectivity index (χ4n) is 3.38. The molecule has 1 amide bonds. The maximum absolute atomic E-state index is 12.5. The van der Waals surface area contributed by atoms with Gasteiger partial charge in [-0.15, -0.1) is 0 Å². The fraction of sp³-hybridized carbons (Fsp3) is 0.529. The minimum Gasteiger partial charge on any atom is -0.480 e. The lowest BCUT2D eigenvalue weighted by atomic mass is 9.94. The summed E-state index contributed by atoms with van der Waals surface area (Å²) in [6, 6.07) is 1.86. The molecule has 2 aromatic heterocycles. The average Bonchev–Trinajstić information content (AvgIpc) is 3.26. The van der Waals surface area contributed by atoms with Gasteiger partial charge in [0, 0.05) is 56.3 Å². The van der Waals surface area contributed by atoms with Crippen molar-refractivity contribution in [3.05, 3.63) is 36.7 Å². The van der Waals surface area contributed by atoms with Crippen LogP contribution in [0.3, 0.4) is 0 Å². The predicted octanol–water partition coefficient (Wildman–Crippen LogP) is 1.35. The molecule has 1 aliphatic heterocycles. The van der Waals surface area contributed by atoms with Crippen LogP contribution in [0.4, 0.5) is 0 Å². The van der Waals surface area contributed by atoms with Crippen LogP contribution in [0.25, 0.3) is 0 Å². The standard InChI is InChI=1S/C17H23N5O3/c23-16(4-2-8-20-10-7-18-13-20)21-9-1-3-14(11-21)15-5-6-19-22(15)12-17(24)25/h5-7,10,13-14H,1-4,8-9,11-12H2,(H,24,25). The van der Waals surface area contributed by atoms with Gasteiger partial charge in [0.1, 0.15) is 6.54 Å². The smallest absolute Gasteiger partial charge is 0.325 e. The second kappa shape index (κ2) is 7.96. The Hall–Kier alpha value is -2.64. The number of carbonyl (C=O) groups is 2. The van der Waals surface area contributed by atoms with Crippen LogP contribution in [0.2, 0.25) is 0 Å². The number of carbonyl (C=O) groups excluding carboxylic acids is 1. The van der Waals surface area contributed by atoms with Gasteiger partial charge in [-0.1, -0.05) is 0 Å². The van der Waals surface area contributed by atoms with Crippen LogP contribution >= 0.6 is 0 Å². The van der Waals surface area contributed by atoms with Gasteiger partial charge in [-0.25, -0.2) is 4.98 Å². The van der Waals surface area contributed by atoms with E-state index in [0.29, 0.717) is 13.0 Å². The molecule has 134 valence electrons. The normalized spacial score (nSPS) is 17.6. The topological polar surface area (TPSA) is 93.3 Å². The molecule has 1 aliphatic rings. The molecule has 8 heteroatoms. The second-order valence-electron chi connectivity index (χ2n) is 6.39. The molecule has 3 heterocycles. The first-order chi connectivity index (χ1) is 12.1. The third kappa shape index (κ3) is 4.46. The predicted molar refractivity (Wildman–Crippen MR) is 89.9 cm³/mol. The number of hydrogen-bond acceptors (Lipinski definition) is 4. The van der Waals surface area contributed by atoms with Crippen LogP contribution < -0.4 is 0 Å². The van der Waals surface area contributed by atoms with E-state index in [0.717, 1.165) is 38.0 Å². The molecule has 0 aromatic carbocycles. The Kier molecular flexibility index (Phi) is 5.47. The number of rotatable bonds is 7. The Labute approximate surface area is 146 Å². The SMILES string of the molecule is O=C(O)Cn1nccc1C1CCCN(C(=O)CCCn2ccnc2)C1. The molecule has 0 bridgehead atoms. The number of hydrogen-bond donors (Lipinski definition) is 1. The van der Waals surface area contributed by atoms with Crippen molar-refractivity contribution in [3.63, 3.8) is 0 Å². The van der Waals surface area contributed by atoms with Gasteiger partial charge in [-0.2, -0.15) is 5.10 Å². The van der Waals surface area contributed by atoms with Gasteiger partial charge in [0.25, 0.3) is 0 Å². The van der Waals surface area contributed by atoms with Crippen molar-refractivity contribution >= 4 is 11.9 Å². The van der Waals surface area contributed by atoms with Crippen molar-refractivity contribution in [2.75, 3.05) is 13.1 Å². The molecule has 0 radical (unpaired) electrons. The number of likely N-dealkylation sites (tertiary alicyclic amines) is 1. The lowest BCUT2D eigenvalue weighted by Gasteiger charge is -2.33. The number of aryl methyl sites for hydroxylation is 1. The third-order valence-electron chi connectivity index (χ3n) is 4.59. The molecular weight excluding hydrogens is 322 g/mol. The summed E-state index contributed by atoms with van der Waals surface area (Å²) in [5.74, 6) is -0.601. The summed E-state index contributed by atoms with van der Waals surface area (Å²) >= 11 is 0. The highest BCUT2D eigenvalue weighted by atomic mass is 16.4. The number of carboxylic acids is 1. The van der Waals surface area contributed by atoms with E-state index in [1.807, 2.05) is 21.7 Å². The molecule has 25 heavy (non-hydrogen) atoms.